The van der Waals surface area contributed by atoms with Crippen LogP contribution in [-0.4, -0.2) is 13.4 Å². The number of anilines is 6. The van der Waals surface area contributed by atoms with Crippen molar-refractivity contribution in [1.29, 1.82) is 0 Å². The zero-order chi connectivity index (χ0) is 86.2. The van der Waals surface area contributed by atoms with E-state index < -0.39 is 0 Å². The second kappa shape index (κ2) is 30.7. The van der Waals surface area contributed by atoms with Crippen molar-refractivity contribution in [3.8, 4) is 135 Å². The Morgan fingerprint density at radius 3 is 0.846 bits per heavy atom. The van der Waals surface area contributed by atoms with Gasteiger partial charge in [-0.2, -0.15) is 0 Å². The molecule has 0 fully saturated rings. The first kappa shape index (κ1) is 76.1. The van der Waals surface area contributed by atoms with Crippen LogP contribution in [0.3, 0.4) is 0 Å². The Hall–Kier alpha value is -16.4. The average Bonchev–Trinajstić information content (AvgIpc) is 0.717. The summed E-state index contributed by atoms with van der Waals surface area (Å²) in [7, 11) is 0. The van der Waals surface area contributed by atoms with Crippen molar-refractivity contribution in [3.63, 3.8) is 0 Å². The molecule has 0 aliphatic carbocycles. The quantitative estimate of drug-likeness (QED) is 0.101. The molecule has 0 radical (unpaired) electrons. The molecule has 4 heterocycles. The normalized spacial score (nSPS) is 12.5. The van der Waals surface area contributed by atoms with Crippen molar-refractivity contribution in [2.75, 3.05) is 9.80 Å². The maximum Gasteiger partial charge on any atom is 0.260 e. The predicted octanol–water partition coefficient (Wildman–Crippen LogP) is 29.3. The largest absolute Gasteiger partial charge is 0.458 e. The number of nitrogens with zero attached hydrogens (tertiary/aromatic N) is 2. The van der Waals surface area contributed by atoms with Crippen LogP contribution in [0.5, 0.6) is 46.0 Å². The topological polar surface area (TPSA) is 43.4 Å². The number of rotatable bonds is 14. The third kappa shape index (κ3) is 13.4. The van der Waals surface area contributed by atoms with Crippen molar-refractivity contribution in [2.24, 2.45) is 0 Å². The molecule has 8 heteroatoms. The molecule has 0 aromatic heterocycles. The molecule has 0 spiro atoms. The Kier molecular flexibility index (Phi) is 18.0. The molecule has 0 saturated carbocycles. The van der Waals surface area contributed by atoms with E-state index in [1.165, 1.54) is 37.9 Å². The number of ether oxygens (including phenoxy) is 4. The monoisotopic (exact) mass is 1660 g/mol. The molecule has 4 aliphatic heterocycles. The molecule has 130 heavy (non-hydrogen) atoms. The van der Waals surface area contributed by atoms with Crippen LogP contribution in [0.25, 0.3) is 132 Å². The van der Waals surface area contributed by atoms with Gasteiger partial charge in [0, 0.05) is 57.9 Å². The summed E-state index contributed by atoms with van der Waals surface area (Å²) in [5.41, 5.74) is 31.1. The number of fused-ring (bicyclic) bond motifs is 12. The fourth-order valence-electron chi connectivity index (χ4n) is 20.3. The molecule has 0 atom stereocenters. The lowest BCUT2D eigenvalue weighted by Gasteiger charge is -2.35. The van der Waals surface area contributed by atoms with E-state index in [4.69, 9.17) is 18.9 Å². The summed E-state index contributed by atoms with van der Waals surface area (Å²) >= 11 is 0. The van der Waals surface area contributed by atoms with Crippen molar-refractivity contribution < 1.29 is 18.9 Å². The number of hydrogen-bond acceptors (Lipinski definition) is 6. The minimum Gasteiger partial charge on any atom is -0.458 e. The fourth-order valence-corrected chi connectivity index (χ4v) is 20.3. The van der Waals surface area contributed by atoms with E-state index in [1.807, 2.05) is 0 Å². The smallest absolute Gasteiger partial charge is 0.260 e. The fraction of sp³-hybridized carbons (Fsp3) is 0.0328. The summed E-state index contributed by atoms with van der Waals surface area (Å²) in [5.74, 6) is 6.27. The molecule has 21 aromatic rings. The van der Waals surface area contributed by atoms with Crippen LogP contribution in [0, 0.1) is 0 Å². The Balaban J connectivity index is 0.580. The number of benzene rings is 21. The van der Waals surface area contributed by atoms with Crippen molar-refractivity contribution in [1.82, 2.24) is 0 Å². The van der Waals surface area contributed by atoms with E-state index in [0.29, 0.717) is 0 Å². The molecule has 4 aliphatic rings. The van der Waals surface area contributed by atoms with E-state index in [1.54, 1.807) is 0 Å². The number of hydrogen-bond donors (Lipinski definition) is 0. The first-order valence-electron chi connectivity index (χ1n) is 44.8. The van der Waals surface area contributed by atoms with Gasteiger partial charge in [-0.05, 0) is 274 Å². The minimum atomic E-state index is -0.207. The van der Waals surface area contributed by atoms with E-state index >= 15 is 0 Å². The maximum atomic E-state index is 7.50. The first-order valence-corrected chi connectivity index (χ1v) is 44.8. The van der Waals surface area contributed by atoms with Crippen LogP contribution < -0.4 is 61.5 Å². The van der Waals surface area contributed by atoms with E-state index in [2.05, 4.69) is 473 Å². The second-order valence-electron chi connectivity index (χ2n) is 35.8. The van der Waals surface area contributed by atoms with Gasteiger partial charge in [0.2, 0.25) is 0 Å². The van der Waals surface area contributed by atoms with Gasteiger partial charge in [-0.3, -0.25) is 0 Å². The lowest BCUT2D eigenvalue weighted by molar-refractivity contribution is 0.464. The van der Waals surface area contributed by atoms with Gasteiger partial charge in [0.15, 0.2) is 0 Å². The summed E-state index contributed by atoms with van der Waals surface area (Å²) in [4.78, 5) is 4.68. The SMILES string of the molecule is CC(C)(C)c1ccc(N(c2ccc(-c3cccc(-c4cc(-c5ccc6c(c5)Oc5cc(N(c7ccc(-c8ccccc8)cc7)c7ccc(-c8ccccc8)cc7)cc7c5B6c5ccc(-c6ccc8ccccc8c6)cc5O7)cc5ccccc45)c3)cc2)c2cc3c4c(c2)Oc2cc(-c5ccc6ccccc6c5)ccc2B4c2ccc(-c4ccc5ccccc5c4)cc2O3)cc1. The van der Waals surface area contributed by atoms with Gasteiger partial charge in [-0.1, -0.05) is 330 Å². The molecule has 21 aromatic carbocycles. The van der Waals surface area contributed by atoms with Gasteiger partial charge in [0.1, 0.15) is 46.0 Å². The minimum absolute atomic E-state index is 0.0640. The molecule has 0 saturated heterocycles. The molecular formula is C122H82B2N2O4. The molecule has 0 amide bonds. The van der Waals surface area contributed by atoms with Gasteiger partial charge in [0.05, 0.1) is 11.4 Å². The van der Waals surface area contributed by atoms with Gasteiger partial charge in [-0.15, -0.1) is 0 Å². The molecule has 6 nitrogen and oxygen atoms in total. The molecular weight excluding hydrogens is 1580 g/mol. The lowest BCUT2D eigenvalue weighted by Crippen LogP contribution is -2.57. The van der Waals surface area contributed by atoms with Crippen LogP contribution in [0.1, 0.15) is 26.3 Å². The van der Waals surface area contributed by atoms with Gasteiger partial charge in [-0.25, -0.2) is 0 Å². The highest BCUT2D eigenvalue weighted by Crippen LogP contribution is 2.50. The summed E-state index contributed by atoms with van der Waals surface area (Å²) in [6.45, 7) is 6.44. The van der Waals surface area contributed by atoms with E-state index in [0.717, 1.165) is 213 Å². The van der Waals surface area contributed by atoms with Crippen LogP contribution in [0.4, 0.5) is 34.1 Å². The third-order valence-electron chi connectivity index (χ3n) is 27.0. The Morgan fingerprint density at radius 2 is 0.462 bits per heavy atom. The maximum absolute atomic E-state index is 7.50. The first-order chi connectivity index (χ1) is 63.9. The van der Waals surface area contributed by atoms with Crippen molar-refractivity contribution in [2.45, 2.75) is 26.2 Å². The second-order valence-corrected chi connectivity index (χ2v) is 35.8. The van der Waals surface area contributed by atoms with Crippen LogP contribution in [-0.2, 0) is 5.41 Å². The lowest BCUT2D eigenvalue weighted by atomic mass is 9.34. The van der Waals surface area contributed by atoms with Crippen molar-refractivity contribution >= 4 is 123 Å². The molecule has 610 valence electrons. The highest BCUT2D eigenvalue weighted by Gasteiger charge is 2.44. The van der Waals surface area contributed by atoms with Crippen LogP contribution >= 0.6 is 0 Å². The average molecular weight is 1660 g/mol. The van der Waals surface area contributed by atoms with E-state index in [-0.39, 0.29) is 18.8 Å². The summed E-state index contributed by atoms with van der Waals surface area (Å²) in [6, 6.07) is 161. The molecule has 0 unspecified atom stereocenters. The van der Waals surface area contributed by atoms with E-state index in [9.17, 15) is 0 Å². The molecule has 25 rings (SSSR count). The van der Waals surface area contributed by atoms with Crippen molar-refractivity contribution in [3.05, 3.63) is 448 Å². The highest BCUT2D eigenvalue weighted by atomic mass is 16.5. The zero-order valence-electron chi connectivity index (χ0n) is 71.8. The Labute approximate surface area is 756 Å². The highest BCUT2D eigenvalue weighted by molar-refractivity contribution is 6.99. The van der Waals surface area contributed by atoms with Gasteiger partial charge >= 0.3 is 0 Å². The summed E-state index contributed by atoms with van der Waals surface area (Å²) < 4.78 is 29.6. The summed E-state index contributed by atoms with van der Waals surface area (Å²) in [6.07, 6.45) is 0. The third-order valence-corrected chi connectivity index (χ3v) is 27.0. The molecule has 0 bridgehead atoms. The summed E-state index contributed by atoms with van der Waals surface area (Å²) in [5, 5.41) is 9.50. The molecule has 0 N–H and O–H groups in total. The van der Waals surface area contributed by atoms with Gasteiger partial charge in [0.25, 0.3) is 13.4 Å². The van der Waals surface area contributed by atoms with Crippen LogP contribution in [0.15, 0.2) is 443 Å². The zero-order valence-corrected chi connectivity index (χ0v) is 71.8. The van der Waals surface area contributed by atoms with Crippen LogP contribution in [0.2, 0.25) is 0 Å². The Bertz CT molecular complexity index is 7910. The standard InChI is InChI=1S/C122H82B2N2O4/c1-122(2,3)99-49-57-103(58-50-99)126(105-75-117-120-118(76-105)129-113-70-93(90-37-34-80-24-11-14-27-86(80)64-90)46-60-109(113)123(120)108-59-45-92(69-112(108)128-117)89-36-33-79-23-10-13-26-85(79)63-89)102-55-43-84(44-56-102)88-30-18-31-97(66-88)107-68-98(67-96-29-16-17-32-106(96)107)95-48-62-111-115(72-95)130-119-74-104(73-116-121(119)124(111)110-61-47-94(71-114(110)127-116)91-38-35-81-25-12-15-28-87(81)65-91)125(100-51-39-82(40-52-100)77-19-6-4-7-20-77)101-53-41-83(42-54-101)78-21-8-5-9-22-78/h4-76H,1-3H3. The predicted molar refractivity (Wildman–Crippen MR) is 543 cm³/mol. The van der Waals surface area contributed by atoms with Gasteiger partial charge < -0.3 is 28.7 Å². The Morgan fingerprint density at radius 1 is 0.185 bits per heavy atom.